The predicted octanol–water partition coefficient (Wildman–Crippen LogP) is 3.46. The molecule has 0 heterocycles. The molecule has 2 rings (SSSR count). The summed E-state index contributed by atoms with van der Waals surface area (Å²) in [6.45, 7) is 2.36. The zero-order valence-electron chi connectivity index (χ0n) is 16.0. The molecule has 0 bridgehead atoms. The van der Waals surface area contributed by atoms with Crippen LogP contribution in [0.3, 0.4) is 0 Å². The summed E-state index contributed by atoms with van der Waals surface area (Å²) >= 11 is 0. The van der Waals surface area contributed by atoms with Crippen molar-refractivity contribution in [3.8, 4) is 0 Å². The van der Waals surface area contributed by atoms with Gasteiger partial charge < -0.3 is 16.0 Å². The first-order chi connectivity index (χ1) is 13.7. The summed E-state index contributed by atoms with van der Waals surface area (Å²) in [4.78, 5) is 16.1. The number of rotatable bonds is 6. The van der Waals surface area contributed by atoms with Gasteiger partial charge in [0.05, 0.1) is 12.1 Å². The summed E-state index contributed by atoms with van der Waals surface area (Å²) < 4.78 is 52.6. The van der Waals surface area contributed by atoms with E-state index in [0.717, 1.165) is 17.7 Å². The molecule has 2 aromatic rings. The lowest BCUT2D eigenvalue weighted by Crippen LogP contribution is -2.37. The Morgan fingerprint density at radius 3 is 2.52 bits per heavy atom. The topological polar surface area (TPSA) is 65.5 Å². The number of halogens is 4. The summed E-state index contributed by atoms with van der Waals surface area (Å²) in [7, 11) is 1.53. The molecule has 156 valence electrons. The number of amides is 1. The molecule has 0 atom stereocenters. The number of guanidine groups is 1. The van der Waals surface area contributed by atoms with Gasteiger partial charge in [-0.05, 0) is 42.3 Å². The first-order valence-electron chi connectivity index (χ1n) is 8.93. The Kier molecular flexibility index (Phi) is 7.58. The quantitative estimate of drug-likeness (QED) is 0.388. The van der Waals surface area contributed by atoms with Crippen molar-refractivity contribution < 1.29 is 22.4 Å². The van der Waals surface area contributed by atoms with Gasteiger partial charge in [-0.1, -0.05) is 18.2 Å². The highest BCUT2D eigenvalue weighted by atomic mass is 19.4. The average Bonchev–Trinajstić information content (AvgIpc) is 2.69. The number of alkyl halides is 3. The fourth-order valence-corrected chi connectivity index (χ4v) is 2.61. The minimum absolute atomic E-state index is 0.0916. The lowest BCUT2D eigenvalue weighted by Gasteiger charge is -2.16. The molecule has 0 aliphatic rings. The van der Waals surface area contributed by atoms with Crippen molar-refractivity contribution in [2.24, 2.45) is 4.99 Å². The second kappa shape index (κ2) is 9.90. The third kappa shape index (κ3) is 6.48. The summed E-state index contributed by atoms with van der Waals surface area (Å²) in [5.41, 5.74) is 0.130. The van der Waals surface area contributed by atoms with Gasteiger partial charge in [0.2, 0.25) is 0 Å². The van der Waals surface area contributed by atoms with Crippen molar-refractivity contribution in [2.45, 2.75) is 26.2 Å². The van der Waals surface area contributed by atoms with Crippen LogP contribution >= 0.6 is 0 Å². The van der Waals surface area contributed by atoms with Crippen LogP contribution in [0.25, 0.3) is 0 Å². The largest absolute Gasteiger partial charge is 0.416 e. The number of hydrogen-bond donors (Lipinski definition) is 3. The SMILES string of the molecule is CCNC(=NCc1cccc(C(=O)NC)c1)NCc1ccc(F)cc1C(F)(F)F. The smallest absolute Gasteiger partial charge is 0.357 e. The molecule has 0 aliphatic heterocycles. The van der Waals surface area contributed by atoms with E-state index < -0.39 is 17.6 Å². The van der Waals surface area contributed by atoms with E-state index in [4.69, 9.17) is 0 Å². The highest BCUT2D eigenvalue weighted by Crippen LogP contribution is 2.32. The molecule has 0 unspecified atom stereocenters. The van der Waals surface area contributed by atoms with E-state index in [-0.39, 0.29) is 24.6 Å². The molecule has 0 radical (unpaired) electrons. The van der Waals surface area contributed by atoms with E-state index in [1.165, 1.54) is 7.05 Å². The van der Waals surface area contributed by atoms with Crippen LogP contribution < -0.4 is 16.0 Å². The van der Waals surface area contributed by atoms with Crippen molar-refractivity contribution in [1.82, 2.24) is 16.0 Å². The fourth-order valence-electron chi connectivity index (χ4n) is 2.61. The minimum Gasteiger partial charge on any atom is -0.357 e. The van der Waals surface area contributed by atoms with Gasteiger partial charge in [-0.3, -0.25) is 4.79 Å². The van der Waals surface area contributed by atoms with Crippen LogP contribution in [-0.4, -0.2) is 25.5 Å². The van der Waals surface area contributed by atoms with E-state index in [2.05, 4.69) is 20.9 Å². The molecule has 3 N–H and O–H groups in total. The van der Waals surface area contributed by atoms with Gasteiger partial charge in [-0.15, -0.1) is 0 Å². The maximum absolute atomic E-state index is 13.2. The molecule has 0 spiro atoms. The maximum Gasteiger partial charge on any atom is 0.416 e. The molecule has 0 aliphatic carbocycles. The third-order valence-electron chi connectivity index (χ3n) is 4.00. The Balaban J connectivity index is 2.14. The Morgan fingerprint density at radius 1 is 1.10 bits per heavy atom. The van der Waals surface area contributed by atoms with Crippen LogP contribution in [0.4, 0.5) is 17.6 Å². The summed E-state index contributed by atoms with van der Waals surface area (Å²) in [5.74, 6) is -0.871. The van der Waals surface area contributed by atoms with Gasteiger partial charge in [-0.2, -0.15) is 13.2 Å². The molecule has 0 aromatic heterocycles. The third-order valence-corrected chi connectivity index (χ3v) is 4.00. The number of nitrogens with zero attached hydrogens (tertiary/aromatic N) is 1. The van der Waals surface area contributed by atoms with Crippen LogP contribution in [0.5, 0.6) is 0 Å². The van der Waals surface area contributed by atoms with Crippen LogP contribution in [0.2, 0.25) is 0 Å². The average molecular weight is 410 g/mol. The van der Waals surface area contributed by atoms with Gasteiger partial charge in [0.25, 0.3) is 5.91 Å². The molecule has 5 nitrogen and oxygen atoms in total. The standard InChI is InChI=1S/C20H22F4N4O/c1-3-26-19(27-11-13-5-4-6-14(9-13)18(29)25-2)28-12-15-7-8-16(21)10-17(15)20(22,23)24/h4-10H,3,11-12H2,1-2H3,(H,25,29)(H2,26,27,28). The van der Waals surface area contributed by atoms with Gasteiger partial charge in [0.15, 0.2) is 5.96 Å². The van der Waals surface area contributed by atoms with Crippen LogP contribution in [0, 0.1) is 5.82 Å². The van der Waals surface area contributed by atoms with E-state index in [0.29, 0.717) is 24.1 Å². The van der Waals surface area contributed by atoms with E-state index >= 15 is 0 Å². The number of benzene rings is 2. The van der Waals surface area contributed by atoms with Crippen molar-refractivity contribution in [2.75, 3.05) is 13.6 Å². The molecule has 29 heavy (non-hydrogen) atoms. The highest BCUT2D eigenvalue weighted by molar-refractivity contribution is 5.94. The van der Waals surface area contributed by atoms with E-state index in [1.807, 2.05) is 6.92 Å². The molecule has 0 fully saturated rings. The number of carbonyl (C=O) groups excluding carboxylic acids is 1. The van der Waals surface area contributed by atoms with Gasteiger partial charge in [0.1, 0.15) is 5.82 Å². The second-order valence-corrected chi connectivity index (χ2v) is 6.13. The summed E-state index contributed by atoms with van der Waals surface area (Å²) in [6.07, 6.45) is -4.66. The predicted molar refractivity (Wildman–Crippen MR) is 103 cm³/mol. The molecule has 0 saturated heterocycles. The lowest BCUT2D eigenvalue weighted by molar-refractivity contribution is -0.138. The molecular formula is C20H22F4N4O. The number of nitrogens with one attached hydrogen (secondary N) is 3. The maximum atomic E-state index is 13.2. The van der Waals surface area contributed by atoms with Crippen molar-refractivity contribution in [3.05, 3.63) is 70.5 Å². The van der Waals surface area contributed by atoms with Crippen LogP contribution in [-0.2, 0) is 19.3 Å². The van der Waals surface area contributed by atoms with Gasteiger partial charge in [0, 0.05) is 25.7 Å². The second-order valence-electron chi connectivity index (χ2n) is 6.13. The zero-order valence-corrected chi connectivity index (χ0v) is 16.0. The molecule has 1 amide bonds. The van der Waals surface area contributed by atoms with Crippen LogP contribution in [0.1, 0.15) is 34.0 Å². The van der Waals surface area contributed by atoms with Crippen molar-refractivity contribution in [3.63, 3.8) is 0 Å². The van der Waals surface area contributed by atoms with Crippen molar-refractivity contribution >= 4 is 11.9 Å². The van der Waals surface area contributed by atoms with E-state index in [1.54, 1.807) is 24.3 Å². The first-order valence-corrected chi connectivity index (χ1v) is 8.93. The summed E-state index contributed by atoms with van der Waals surface area (Å²) in [6, 6.07) is 9.44. The molecular weight excluding hydrogens is 388 g/mol. The van der Waals surface area contributed by atoms with E-state index in [9.17, 15) is 22.4 Å². The van der Waals surface area contributed by atoms with Gasteiger partial charge in [-0.25, -0.2) is 9.38 Å². The fraction of sp³-hybridized carbons (Fsp3) is 0.300. The van der Waals surface area contributed by atoms with Crippen LogP contribution in [0.15, 0.2) is 47.5 Å². The Labute approximate surface area is 166 Å². The molecule has 2 aromatic carbocycles. The Morgan fingerprint density at radius 2 is 1.86 bits per heavy atom. The number of aliphatic imine (C=N–C) groups is 1. The minimum atomic E-state index is -4.66. The van der Waals surface area contributed by atoms with Gasteiger partial charge >= 0.3 is 6.18 Å². The molecule has 9 heteroatoms. The normalized spacial score (nSPS) is 11.9. The highest BCUT2D eigenvalue weighted by Gasteiger charge is 2.33. The first kappa shape index (κ1) is 22.2. The Bertz CT molecular complexity index is 881. The Hall–Kier alpha value is -3.10. The number of carbonyl (C=O) groups is 1. The monoisotopic (exact) mass is 410 g/mol. The summed E-state index contributed by atoms with van der Waals surface area (Å²) in [5, 5.41) is 8.31. The van der Waals surface area contributed by atoms with Crippen molar-refractivity contribution in [1.29, 1.82) is 0 Å². The molecule has 0 saturated carbocycles. The zero-order chi connectivity index (χ0) is 21.4. The number of hydrogen-bond acceptors (Lipinski definition) is 2. The lowest BCUT2D eigenvalue weighted by atomic mass is 10.1.